The molecule has 0 atom stereocenters. The average Bonchev–Trinajstić information content (AvgIpc) is 2.36. The molecule has 0 aromatic heterocycles. The predicted molar refractivity (Wildman–Crippen MR) is 65.2 cm³/mol. The number of benzene rings is 1. The van der Waals surface area contributed by atoms with Gasteiger partial charge >= 0.3 is 5.97 Å². The number of carbonyl (C=O) groups excluding carboxylic acids is 1. The fourth-order valence-corrected chi connectivity index (χ4v) is 1.45. The highest BCUT2D eigenvalue weighted by Crippen LogP contribution is 2.15. The Kier molecular flexibility index (Phi) is 5.40. The van der Waals surface area contributed by atoms with E-state index in [0.717, 1.165) is 12.0 Å². The van der Waals surface area contributed by atoms with Crippen LogP contribution in [-0.2, 0) is 16.0 Å². The van der Waals surface area contributed by atoms with E-state index >= 15 is 0 Å². The van der Waals surface area contributed by atoms with Crippen molar-refractivity contribution in [1.82, 2.24) is 0 Å². The third kappa shape index (κ3) is 4.39. The summed E-state index contributed by atoms with van der Waals surface area (Å²) >= 11 is 0. The van der Waals surface area contributed by atoms with Crippen molar-refractivity contribution in [2.24, 2.45) is 0 Å². The van der Waals surface area contributed by atoms with Gasteiger partial charge in [0.25, 0.3) is 0 Å². The highest BCUT2D eigenvalue weighted by atomic mass is 19.1. The van der Waals surface area contributed by atoms with Crippen LogP contribution in [0.1, 0.15) is 25.8 Å². The van der Waals surface area contributed by atoms with E-state index in [0.29, 0.717) is 12.0 Å². The van der Waals surface area contributed by atoms with Crippen LogP contribution in [0.2, 0.25) is 0 Å². The topological polar surface area (TPSA) is 26.3 Å². The molecule has 17 heavy (non-hydrogen) atoms. The Labute approximate surface area is 101 Å². The molecule has 1 aromatic carbocycles. The van der Waals surface area contributed by atoms with Crippen LogP contribution in [0.4, 0.5) is 4.39 Å². The summed E-state index contributed by atoms with van der Waals surface area (Å²) in [6.07, 6.45) is 1.24. The Bertz CT molecular complexity index is 396. The summed E-state index contributed by atoms with van der Waals surface area (Å²) in [5, 5.41) is 0. The van der Waals surface area contributed by atoms with E-state index in [1.165, 1.54) is 0 Å². The van der Waals surface area contributed by atoms with Gasteiger partial charge in [0.2, 0.25) is 5.83 Å². The number of hydrogen-bond donors (Lipinski definition) is 0. The molecule has 0 N–H and O–H groups in total. The first-order valence-corrected chi connectivity index (χ1v) is 5.71. The monoisotopic (exact) mass is 236 g/mol. The molecule has 0 amide bonds. The quantitative estimate of drug-likeness (QED) is 0.578. The van der Waals surface area contributed by atoms with Crippen molar-refractivity contribution in [2.45, 2.75) is 26.7 Å². The molecule has 0 unspecified atom stereocenters. The molecule has 3 heteroatoms. The van der Waals surface area contributed by atoms with Crippen molar-refractivity contribution < 1.29 is 13.9 Å². The number of esters is 1. The van der Waals surface area contributed by atoms with Crippen LogP contribution in [0.25, 0.3) is 0 Å². The highest BCUT2D eigenvalue weighted by Gasteiger charge is 2.13. The lowest BCUT2D eigenvalue weighted by atomic mass is 10.1. The molecule has 1 aromatic rings. The summed E-state index contributed by atoms with van der Waals surface area (Å²) in [4.78, 5) is 11.1. The SMILES string of the molecule is CCOC(=O)/C(F)=C(\C)CCc1ccccc1. The van der Waals surface area contributed by atoms with Gasteiger partial charge in [-0.25, -0.2) is 4.79 Å². The Morgan fingerprint density at radius 3 is 2.53 bits per heavy atom. The number of halogens is 1. The van der Waals surface area contributed by atoms with Gasteiger partial charge in [-0.05, 0) is 37.8 Å². The minimum Gasteiger partial charge on any atom is -0.461 e. The van der Waals surface area contributed by atoms with Crippen molar-refractivity contribution in [3.8, 4) is 0 Å². The van der Waals surface area contributed by atoms with Crippen molar-refractivity contribution in [3.63, 3.8) is 0 Å². The van der Waals surface area contributed by atoms with Crippen LogP contribution >= 0.6 is 0 Å². The molecule has 92 valence electrons. The molecule has 0 bridgehead atoms. The zero-order chi connectivity index (χ0) is 12.7. The smallest absolute Gasteiger partial charge is 0.367 e. The Morgan fingerprint density at radius 1 is 1.29 bits per heavy atom. The Hall–Kier alpha value is -1.64. The fraction of sp³-hybridized carbons (Fsp3) is 0.357. The van der Waals surface area contributed by atoms with E-state index in [2.05, 4.69) is 4.74 Å². The van der Waals surface area contributed by atoms with Crippen LogP contribution in [0, 0.1) is 0 Å². The van der Waals surface area contributed by atoms with Crippen molar-refractivity contribution in [2.75, 3.05) is 6.61 Å². The summed E-state index contributed by atoms with van der Waals surface area (Å²) in [7, 11) is 0. The molecule has 0 heterocycles. The predicted octanol–water partition coefficient (Wildman–Crippen LogP) is 3.43. The van der Waals surface area contributed by atoms with E-state index in [9.17, 15) is 9.18 Å². The fourth-order valence-electron chi connectivity index (χ4n) is 1.45. The second kappa shape index (κ2) is 6.84. The molecule has 0 saturated heterocycles. The van der Waals surface area contributed by atoms with Gasteiger partial charge in [-0.3, -0.25) is 0 Å². The molecule has 2 nitrogen and oxygen atoms in total. The van der Waals surface area contributed by atoms with E-state index in [4.69, 9.17) is 0 Å². The largest absolute Gasteiger partial charge is 0.461 e. The zero-order valence-electron chi connectivity index (χ0n) is 10.2. The van der Waals surface area contributed by atoms with Gasteiger partial charge in [-0.1, -0.05) is 30.3 Å². The molecule has 0 aliphatic heterocycles. The summed E-state index contributed by atoms with van der Waals surface area (Å²) in [5.41, 5.74) is 1.57. The van der Waals surface area contributed by atoms with Gasteiger partial charge in [0.05, 0.1) is 6.61 Å². The number of hydrogen-bond acceptors (Lipinski definition) is 2. The van der Waals surface area contributed by atoms with Crippen LogP contribution in [-0.4, -0.2) is 12.6 Å². The van der Waals surface area contributed by atoms with Gasteiger partial charge in [0.15, 0.2) is 0 Å². The summed E-state index contributed by atoms with van der Waals surface area (Å²) in [5.74, 6) is -1.62. The van der Waals surface area contributed by atoms with Crippen molar-refractivity contribution in [1.29, 1.82) is 0 Å². The maximum atomic E-state index is 13.5. The van der Waals surface area contributed by atoms with Crippen LogP contribution in [0.5, 0.6) is 0 Å². The van der Waals surface area contributed by atoms with Gasteiger partial charge in [0, 0.05) is 0 Å². The molecule has 0 saturated carbocycles. The second-order valence-electron chi connectivity index (χ2n) is 3.80. The number of ether oxygens (including phenoxy) is 1. The lowest BCUT2D eigenvalue weighted by Crippen LogP contribution is -2.06. The summed E-state index contributed by atoms with van der Waals surface area (Å²) in [6.45, 7) is 3.47. The molecule has 0 aliphatic rings. The first-order chi connectivity index (χ1) is 8.15. The molecule has 0 fully saturated rings. The van der Waals surface area contributed by atoms with Crippen molar-refractivity contribution >= 4 is 5.97 Å². The first-order valence-electron chi connectivity index (χ1n) is 5.71. The Balaban J connectivity index is 2.56. The minimum absolute atomic E-state index is 0.193. The van der Waals surface area contributed by atoms with Gasteiger partial charge in [-0.2, -0.15) is 4.39 Å². The van der Waals surface area contributed by atoms with Gasteiger partial charge in [0.1, 0.15) is 0 Å². The second-order valence-corrected chi connectivity index (χ2v) is 3.80. The van der Waals surface area contributed by atoms with E-state index in [-0.39, 0.29) is 6.61 Å². The molecule has 1 rings (SSSR count). The summed E-state index contributed by atoms with van der Waals surface area (Å²) < 4.78 is 18.1. The highest BCUT2D eigenvalue weighted by molar-refractivity contribution is 5.86. The van der Waals surface area contributed by atoms with E-state index < -0.39 is 11.8 Å². The first kappa shape index (κ1) is 13.4. The van der Waals surface area contributed by atoms with Crippen LogP contribution in [0.15, 0.2) is 41.7 Å². The number of aryl methyl sites for hydroxylation is 1. The Morgan fingerprint density at radius 2 is 1.94 bits per heavy atom. The minimum atomic E-state index is -0.863. The maximum Gasteiger partial charge on any atom is 0.367 e. The van der Waals surface area contributed by atoms with Crippen LogP contribution in [0.3, 0.4) is 0 Å². The van der Waals surface area contributed by atoms with Gasteiger partial charge < -0.3 is 4.74 Å². The third-order valence-electron chi connectivity index (χ3n) is 2.46. The number of rotatable bonds is 5. The molecular formula is C14H17FO2. The van der Waals surface area contributed by atoms with Crippen molar-refractivity contribution in [3.05, 3.63) is 47.3 Å². The average molecular weight is 236 g/mol. The number of carbonyl (C=O) groups is 1. The lowest BCUT2D eigenvalue weighted by molar-refractivity contribution is -0.140. The zero-order valence-corrected chi connectivity index (χ0v) is 10.2. The summed E-state index contributed by atoms with van der Waals surface area (Å²) in [6, 6.07) is 9.78. The number of allylic oxidation sites excluding steroid dienone is 1. The molecule has 0 spiro atoms. The lowest BCUT2D eigenvalue weighted by Gasteiger charge is -2.04. The maximum absolute atomic E-state index is 13.5. The molecule has 0 aliphatic carbocycles. The van der Waals surface area contributed by atoms with Crippen LogP contribution < -0.4 is 0 Å². The van der Waals surface area contributed by atoms with Gasteiger partial charge in [-0.15, -0.1) is 0 Å². The normalized spacial score (nSPS) is 11.9. The third-order valence-corrected chi connectivity index (χ3v) is 2.46. The molecular weight excluding hydrogens is 219 g/mol. The molecule has 0 radical (unpaired) electrons. The van der Waals surface area contributed by atoms with E-state index in [1.54, 1.807) is 13.8 Å². The standard InChI is InChI=1S/C14H17FO2/c1-3-17-14(16)13(15)11(2)9-10-12-7-5-4-6-8-12/h4-8H,3,9-10H2,1-2H3/b13-11-. The van der Waals surface area contributed by atoms with E-state index in [1.807, 2.05) is 30.3 Å².